The molecule has 186 valence electrons. The maximum atomic E-state index is 13.1. The third-order valence-corrected chi connectivity index (χ3v) is 8.40. The molecule has 35 heavy (non-hydrogen) atoms. The third kappa shape index (κ3) is 4.85. The molecule has 1 aromatic carbocycles. The molecule has 4 aliphatic rings. The standard InChI is InChI=1S/C29H39N5O/c1-23-9-10-26(33-17-15-30-16-18-33)20-24(19-23)21-34-22-28(31-27(34)35)11-13-29(14-12-28,32(2)3)25-7-5-4-6-8-25/h4-8,19-20,23,30H,11-18,21-22H2,1-3H3,(H,31,35). The summed E-state index contributed by atoms with van der Waals surface area (Å²) in [5, 5.41) is 6.82. The topological polar surface area (TPSA) is 50.9 Å². The number of amides is 2. The fraction of sp³-hybridized carbons (Fsp3) is 0.552. The minimum atomic E-state index is -0.135. The minimum Gasteiger partial charge on any atom is -0.362 e. The van der Waals surface area contributed by atoms with Crippen LogP contribution < -0.4 is 10.6 Å². The first-order chi connectivity index (χ1) is 16.9. The number of piperazine rings is 1. The summed E-state index contributed by atoms with van der Waals surface area (Å²) in [6.45, 7) is 7.47. The van der Waals surface area contributed by atoms with Crippen LogP contribution in [0.4, 0.5) is 4.79 Å². The molecule has 1 aromatic rings. The number of benzene rings is 1. The first-order valence-electron chi connectivity index (χ1n) is 13.1. The normalized spacial score (nSPS) is 31.0. The maximum absolute atomic E-state index is 13.1. The fourth-order valence-electron chi connectivity index (χ4n) is 6.28. The SMILES string of the molecule is CC1C#CC(N2CCNCC2)=CC(CN2CC3(CCC(c4ccccc4)(N(C)C)CC3)NC2=O)=C1. The molecule has 2 saturated heterocycles. The van der Waals surface area contributed by atoms with Crippen LogP contribution in [-0.2, 0) is 5.54 Å². The molecule has 2 amide bonds. The van der Waals surface area contributed by atoms with Gasteiger partial charge in [0.1, 0.15) is 0 Å². The Morgan fingerprint density at radius 2 is 1.80 bits per heavy atom. The van der Waals surface area contributed by atoms with Crippen molar-refractivity contribution in [3.63, 3.8) is 0 Å². The van der Waals surface area contributed by atoms with E-state index in [9.17, 15) is 4.79 Å². The number of urea groups is 1. The number of allylic oxidation sites excluding steroid dienone is 2. The van der Waals surface area contributed by atoms with Crippen molar-refractivity contribution in [3.8, 4) is 11.8 Å². The summed E-state index contributed by atoms with van der Waals surface area (Å²) in [7, 11) is 4.38. The van der Waals surface area contributed by atoms with Crippen LogP contribution in [0.5, 0.6) is 0 Å². The summed E-state index contributed by atoms with van der Waals surface area (Å²) < 4.78 is 0. The second kappa shape index (κ2) is 9.72. The van der Waals surface area contributed by atoms with E-state index >= 15 is 0 Å². The lowest BCUT2D eigenvalue weighted by Gasteiger charge is -2.48. The highest BCUT2D eigenvalue weighted by Crippen LogP contribution is 2.46. The van der Waals surface area contributed by atoms with Crippen LogP contribution in [0, 0.1) is 17.8 Å². The van der Waals surface area contributed by atoms with Gasteiger partial charge in [0.2, 0.25) is 0 Å². The Kier molecular flexibility index (Phi) is 6.65. The third-order valence-electron chi connectivity index (χ3n) is 8.40. The Balaban J connectivity index is 1.29. The van der Waals surface area contributed by atoms with Crippen LogP contribution >= 0.6 is 0 Å². The van der Waals surface area contributed by atoms with Crippen LogP contribution in [0.1, 0.15) is 38.2 Å². The number of nitrogens with one attached hydrogen (secondary N) is 2. The molecular weight excluding hydrogens is 434 g/mol. The average Bonchev–Trinajstić information content (AvgIpc) is 3.04. The van der Waals surface area contributed by atoms with E-state index in [4.69, 9.17) is 0 Å². The number of hydrogen-bond acceptors (Lipinski definition) is 4. The Bertz CT molecular complexity index is 1050. The zero-order chi connectivity index (χ0) is 24.5. The Hall–Kier alpha value is -2.75. The van der Waals surface area contributed by atoms with Crippen molar-refractivity contribution in [2.75, 3.05) is 53.4 Å². The molecular formula is C29H39N5O. The van der Waals surface area contributed by atoms with Gasteiger partial charge in [0.15, 0.2) is 0 Å². The Morgan fingerprint density at radius 3 is 2.49 bits per heavy atom. The van der Waals surface area contributed by atoms with E-state index in [1.54, 1.807) is 0 Å². The predicted molar refractivity (Wildman–Crippen MR) is 141 cm³/mol. The van der Waals surface area contributed by atoms with Gasteiger partial charge in [-0.2, -0.15) is 0 Å². The number of hydrogen-bond donors (Lipinski definition) is 2. The Labute approximate surface area is 210 Å². The molecule has 0 aromatic heterocycles. The van der Waals surface area contributed by atoms with Crippen LogP contribution in [0.15, 0.2) is 53.8 Å². The molecule has 2 N–H and O–H groups in total. The van der Waals surface area contributed by atoms with Crippen molar-refractivity contribution < 1.29 is 4.79 Å². The van der Waals surface area contributed by atoms with Gasteiger partial charge < -0.3 is 20.4 Å². The maximum Gasteiger partial charge on any atom is 0.318 e. The Morgan fingerprint density at radius 1 is 1.09 bits per heavy atom. The zero-order valence-electron chi connectivity index (χ0n) is 21.4. The fourth-order valence-corrected chi connectivity index (χ4v) is 6.28. The molecule has 3 fully saturated rings. The van der Waals surface area contributed by atoms with E-state index in [-0.39, 0.29) is 23.0 Å². The van der Waals surface area contributed by atoms with E-state index in [0.29, 0.717) is 6.54 Å². The highest BCUT2D eigenvalue weighted by Gasteiger charge is 2.50. The van der Waals surface area contributed by atoms with Crippen LogP contribution in [0.25, 0.3) is 0 Å². The van der Waals surface area contributed by atoms with E-state index in [1.807, 2.05) is 4.90 Å². The zero-order valence-corrected chi connectivity index (χ0v) is 21.4. The molecule has 6 nitrogen and oxygen atoms in total. The van der Waals surface area contributed by atoms with Crippen LogP contribution in [-0.4, -0.2) is 79.6 Å². The molecule has 2 aliphatic heterocycles. The minimum absolute atomic E-state index is 0.0299. The van der Waals surface area contributed by atoms with Crippen molar-refractivity contribution in [2.45, 2.75) is 43.7 Å². The highest BCUT2D eigenvalue weighted by molar-refractivity contribution is 5.78. The number of carbonyl (C=O) groups is 1. The summed E-state index contributed by atoms with van der Waals surface area (Å²) in [5.74, 6) is 6.95. The first-order valence-corrected chi connectivity index (χ1v) is 13.1. The molecule has 0 radical (unpaired) electrons. The molecule has 5 rings (SSSR count). The van der Waals surface area contributed by atoms with E-state index in [0.717, 1.165) is 64.1 Å². The lowest BCUT2D eigenvalue weighted by Crippen LogP contribution is -2.54. The van der Waals surface area contributed by atoms with Gasteiger partial charge in [-0.05, 0) is 69.8 Å². The van der Waals surface area contributed by atoms with Gasteiger partial charge in [0, 0.05) is 50.7 Å². The molecule has 2 aliphatic carbocycles. The van der Waals surface area contributed by atoms with Crippen molar-refractivity contribution in [1.29, 1.82) is 0 Å². The van der Waals surface area contributed by atoms with Crippen molar-refractivity contribution in [1.82, 2.24) is 25.3 Å². The summed E-state index contributed by atoms with van der Waals surface area (Å²) in [6.07, 6.45) is 8.50. The van der Waals surface area contributed by atoms with Gasteiger partial charge in [-0.3, -0.25) is 4.90 Å². The van der Waals surface area contributed by atoms with Gasteiger partial charge in [-0.25, -0.2) is 4.79 Å². The van der Waals surface area contributed by atoms with Gasteiger partial charge in [0.05, 0.1) is 11.2 Å². The summed E-state index contributed by atoms with van der Waals surface area (Å²) in [6, 6.07) is 10.9. The van der Waals surface area contributed by atoms with Gasteiger partial charge in [-0.1, -0.05) is 42.3 Å². The average molecular weight is 474 g/mol. The summed E-state index contributed by atoms with van der Waals surface area (Å²) >= 11 is 0. The molecule has 1 spiro atoms. The molecule has 0 bridgehead atoms. The van der Waals surface area contributed by atoms with E-state index in [2.05, 4.69) is 95.8 Å². The number of nitrogens with zero attached hydrogens (tertiary/aromatic N) is 3. The van der Waals surface area contributed by atoms with Crippen LogP contribution in [0.2, 0.25) is 0 Å². The number of rotatable bonds is 5. The molecule has 2 heterocycles. The predicted octanol–water partition coefficient (Wildman–Crippen LogP) is 3.15. The van der Waals surface area contributed by atoms with E-state index < -0.39 is 0 Å². The van der Waals surface area contributed by atoms with E-state index in [1.165, 1.54) is 11.1 Å². The number of carbonyl (C=O) groups excluding carboxylic acids is 1. The molecule has 1 atom stereocenters. The molecule has 1 saturated carbocycles. The van der Waals surface area contributed by atoms with Crippen molar-refractivity contribution in [3.05, 3.63) is 59.3 Å². The van der Waals surface area contributed by atoms with Gasteiger partial charge in [-0.15, -0.1) is 0 Å². The van der Waals surface area contributed by atoms with Crippen molar-refractivity contribution >= 4 is 6.03 Å². The molecule has 1 unspecified atom stereocenters. The lowest BCUT2D eigenvalue weighted by atomic mass is 9.69. The smallest absolute Gasteiger partial charge is 0.318 e. The van der Waals surface area contributed by atoms with Gasteiger partial charge >= 0.3 is 6.03 Å². The van der Waals surface area contributed by atoms with Crippen LogP contribution in [0.3, 0.4) is 0 Å². The summed E-state index contributed by atoms with van der Waals surface area (Å²) in [4.78, 5) is 19.9. The van der Waals surface area contributed by atoms with Crippen molar-refractivity contribution in [2.24, 2.45) is 5.92 Å². The monoisotopic (exact) mass is 473 g/mol. The summed E-state index contributed by atoms with van der Waals surface area (Å²) in [5.41, 5.74) is 3.54. The second-order valence-electron chi connectivity index (χ2n) is 10.9. The molecule has 6 heteroatoms. The second-order valence-corrected chi connectivity index (χ2v) is 10.9. The first kappa shape index (κ1) is 24.0. The quantitative estimate of drug-likeness (QED) is 0.645. The van der Waals surface area contributed by atoms with Gasteiger partial charge in [0.25, 0.3) is 0 Å². The lowest BCUT2D eigenvalue weighted by molar-refractivity contribution is 0.0623. The largest absolute Gasteiger partial charge is 0.362 e. The highest BCUT2D eigenvalue weighted by atomic mass is 16.2.